The Hall–Kier alpha value is -3.92. The van der Waals surface area contributed by atoms with Gasteiger partial charge in [-0.05, 0) is 49.8 Å². The predicted molar refractivity (Wildman–Crippen MR) is 154 cm³/mol. The Morgan fingerprint density at radius 3 is 2.59 bits per heavy atom. The molecule has 5 aromatic rings. The van der Waals surface area contributed by atoms with Crippen LogP contribution in [0.3, 0.4) is 0 Å². The molecule has 0 saturated heterocycles. The monoisotopic (exact) mass is 580 g/mol. The number of rotatable bonds is 6. The number of hydrogen-bond acceptors (Lipinski definition) is 6. The van der Waals surface area contributed by atoms with E-state index in [4.69, 9.17) is 26.1 Å². The van der Waals surface area contributed by atoms with Crippen molar-refractivity contribution in [2.45, 2.75) is 59.2 Å². The zero-order valence-corrected chi connectivity index (χ0v) is 22.8. The van der Waals surface area contributed by atoms with E-state index >= 15 is 4.39 Å². The first-order valence-electron chi connectivity index (χ1n) is 13.2. The maximum Gasteiger partial charge on any atom is 0.439 e. The second kappa shape index (κ2) is 11.2. The zero-order valence-electron chi connectivity index (χ0n) is 22.0. The zero-order chi connectivity index (χ0) is 28.0. The third-order valence-corrected chi connectivity index (χ3v) is 7.97. The minimum absolute atomic E-state index is 0. The summed E-state index contributed by atoms with van der Waals surface area (Å²) in [5.41, 5.74) is -0.138. The van der Waals surface area contributed by atoms with E-state index in [0.29, 0.717) is 39.8 Å². The molecule has 8 nitrogen and oxygen atoms in total. The lowest BCUT2D eigenvalue weighted by molar-refractivity contribution is 0.209. The fourth-order valence-corrected chi connectivity index (χ4v) is 5.80. The molecule has 1 fully saturated rings. The largest absolute Gasteiger partial charge is 0.439 e. The van der Waals surface area contributed by atoms with Gasteiger partial charge >= 0.3 is 5.76 Å². The molecule has 6 rings (SSSR count). The van der Waals surface area contributed by atoms with Crippen molar-refractivity contribution in [2.75, 3.05) is 0 Å². The SMILES string of the molecule is C.CC1CCC(Cn2c(C(C)(F)c3ccccc3F)nc3cc(-c4noc(=O)[nH]4)nc(-c4cncc(Cl)c4)c32)CC1. The summed E-state index contributed by atoms with van der Waals surface area (Å²) in [6.07, 6.45) is 7.25. The van der Waals surface area contributed by atoms with Crippen molar-refractivity contribution in [3.63, 3.8) is 0 Å². The van der Waals surface area contributed by atoms with Crippen LogP contribution in [0.4, 0.5) is 8.78 Å². The van der Waals surface area contributed by atoms with Crippen molar-refractivity contribution in [1.29, 1.82) is 0 Å². The van der Waals surface area contributed by atoms with Crippen LogP contribution in [-0.2, 0) is 12.2 Å². The van der Waals surface area contributed by atoms with Gasteiger partial charge in [-0.15, -0.1) is 0 Å². The Morgan fingerprint density at radius 2 is 1.90 bits per heavy atom. The molecule has 1 aliphatic rings. The molecule has 1 unspecified atom stereocenters. The van der Waals surface area contributed by atoms with Crippen LogP contribution in [0.25, 0.3) is 33.8 Å². The van der Waals surface area contributed by atoms with Crippen molar-refractivity contribution >= 4 is 22.6 Å². The van der Waals surface area contributed by atoms with Crippen molar-refractivity contribution < 1.29 is 13.3 Å². The van der Waals surface area contributed by atoms with Gasteiger partial charge in [-0.25, -0.2) is 23.5 Å². The molecule has 0 radical (unpaired) electrons. The molecule has 0 aliphatic heterocycles. The molecule has 4 aromatic heterocycles. The normalized spacial score (nSPS) is 18.7. The number of aromatic nitrogens is 6. The Kier molecular flexibility index (Phi) is 7.78. The number of imidazole rings is 1. The van der Waals surface area contributed by atoms with Crippen LogP contribution in [0, 0.1) is 17.7 Å². The number of aromatic amines is 1. The number of H-pyrrole nitrogens is 1. The average molecular weight is 581 g/mol. The van der Waals surface area contributed by atoms with E-state index in [1.807, 2.05) is 4.57 Å². The highest BCUT2D eigenvalue weighted by molar-refractivity contribution is 6.30. The van der Waals surface area contributed by atoms with Gasteiger partial charge in [0.05, 0.1) is 21.7 Å². The summed E-state index contributed by atoms with van der Waals surface area (Å²) in [6.45, 7) is 4.06. The van der Waals surface area contributed by atoms with Crippen LogP contribution >= 0.6 is 11.6 Å². The number of halogens is 3. The summed E-state index contributed by atoms with van der Waals surface area (Å²) < 4.78 is 38.4. The molecule has 1 saturated carbocycles. The van der Waals surface area contributed by atoms with Crippen LogP contribution in [0.2, 0.25) is 5.02 Å². The number of fused-ring (bicyclic) bond motifs is 1. The van der Waals surface area contributed by atoms with Gasteiger partial charge in [-0.3, -0.25) is 14.5 Å². The molecule has 1 atom stereocenters. The van der Waals surface area contributed by atoms with E-state index in [0.717, 1.165) is 25.7 Å². The Bertz CT molecular complexity index is 1750. The van der Waals surface area contributed by atoms with Gasteiger partial charge in [0.15, 0.2) is 11.5 Å². The van der Waals surface area contributed by atoms with Gasteiger partial charge in [0.2, 0.25) is 5.82 Å². The van der Waals surface area contributed by atoms with Gasteiger partial charge in [-0.2, -0.15) is 0 Å². The lowest BCUT2D eigenvalue weighted by Crippen LogP contribution is -2.27. The number of hydrogen-bond donors (Lipinski definition) is 1. The van der Waals surface area contributed by atoms with Crippen LogP contribution in [0.1, 0.15) is 58.3 Å². The Morgan fingerprint density at radius 1 is 1.15 bits per heavy atom. The third-order valence-electron chi connectivity index (χ3n) is 7.76. The number of benzene rings is 1. The lowest BCUT2D eigenvalue weighted by Gasteiger charge is -2.29. The van der Waals surface area contributed by atoms with Gasteiger partial charge in [0, 0.05) is 30.1 Å². The molecule has 0 spiro atoms. The van der Waals surface area contributed by atoms with E-state index in [1.165, 1.54) is 31.3 Å². The van der Waals surface area contributed by atoms with Crippen molar-refractivity contribution in [2.24, 2.45) is 11.8 Å². The van der Waals surface area contributed by atoms with E-state index in [-0.39, 0.29) is 36.3 Å². The average Bonchev–Trinajstić information content (AvgIpc) is 3.53. The second-order valence-electron chi connectivity index (χ2n) is 10.7. The minimum atomic E-state index is -2.27. The summed E-state index contributed by atoms with van der Waals surface area (Å²) in [5.74, 6) is -0.317. The highest BCUT2D eigenvalue weighted by atomic mass is 35.5. The topological polar surface area (TPSA) is 102 Å². The molecule has 1 aromatic carbocycles. The van der Waals surface area contributed by atoms with Gasteiger partial charge < -0.3 is 4.57 Å². The molecule has 11 heteroatoms. The molecule has 214 valence electrons. The molecular formula is C30H31ClF2N6O2. The van der Waals surface area contributed by atoms with Crippen LogP contribution in [0.15, 0.2) is 58.1 Å². The number of pyridine rings is 2. The maximum atomic E-state index is 16.9. The highest BCUT2D eigenvalue weighted by Gasteiger charge is 2.38. The number of alkyl halides is 1. The first-order valence-corrected chi connectivity index (χ1v) is 13.6. The summed E-state index contributed by atoms with van der Waals surface area (Å²) in [4.78, 5) is 28.0. The summed E-state index contributed by atoms with van der Waals surface area (Å²) in [7, 11) is 0. The van der Waals surface area contributed by atoms with Crippen molar-refractivity contribution in [1.82, 2.24) is 29.7 Å². The van der Waals surface area contributed by atoms with Gasteiger partial charge in [-0.1, -0.05) is 62.1 Å². The van der Waals surface area contributed by atoms with Crippen molar-refractivity contribution in [3.05, 3.63) is 81.6 Å². The number of nitrogens with one attached hydrogen (secondary N) is 1. The predicted octanol–water partition coefficient (Wildman–Crippen LogP) is 7.32. The standard InChI is InChI=1S/C29H27ClF2N6O2.CH4/c1-16-7-9-17(10-8-16)15-38-25-22(35-27(38)29(2,32)20-5-3-4-6-21(20)31)12-23(26-36-28(39)40-37-26)34-24(25)18-11-19(30)14-33-13-18;/h3-6,11-14,16-17H,7-10,15H2,1-2H3,(H,36,37,39);1H4. The summed E-state index contributed by atoms with van der Waals surface area (Å²) in [5, 5.41) is 4.17. The van der Waals surface area contributed by atoms with E-state index in [2.05, 4.69) is 22.0 Å². The Labute approximate surface area is 240 Å². The molecule has 4 heterocycles. The molecule has 0 bridgehead atoms. The molecular weight excluding hydrogens is 550 g/mol. The summed E-state index contributed by atoms with van der Waals surface area (Å²) in [6, 6.07) is 9.14. The van der Waals surface area contributed by atoms with Crippen LogP contribution in [0.5, 0.6) is 0 Å². The number of nitrogens with zero attached hydrogens (tertiary/aromatic N) is 5. The van der Waals surface area contributed by atoms with Gasteiger partial charge in [0.25, 0.3) is 0 Å². The fourth-order valence-electron chi connectivity index (χ4n) is 5.63. The highest BCUT2D eigenvalue weighted by Crippen LogP contribution is 2.41. The van der Waals surface area contributed by atoms with E-state index < -0.39 is 17.2 Å². The first-order chi connectivity index (χ1) is 19.2. The minimum Gasteiger partial charge on any atom is -0.323 e. The third kappa shape index (κ3) is 5.40. The molecule has 41 heavy (non-hydrogen) atoms. The van der Waals surface area contributed by atoms with E-state index in [9.17, 15) is 9.18 Å². The quantitative estimate of drug-likeness (QED) is 0.226. The Balaban J connectivity index is 0.00000337. The lowest BCUT2D eigenvalue weighted by atomic mass is 9.83. The van der Waals surface area contributed by atoms with E-state index in [1.54, 1.807) is 24.4 Å². The first kappa shape index (κ1) is 28.6. The maximum absolute atomic E-state index is 16.9. The van der Waals surface area contributed by atoms with Crippen LogP contribution in [-0.4, -0.2) is 29.7 Å². The summed E-state index contributed by atoms with van der Waals surface area (Å²) >= 11 is 6.30. The molecule has 1 N–H and O–H groups in total. The van der Waals surface area contributed by atoms with Gasteiger partial charge in [0.1, 0.15) is 11.5 Å². The molecule has 1 aliphatic carbocycles. The van der Waals surface area contributed by atoms with Crippen molar-refractivity contribution in [3.8, 4) is 22.8 Å². The molecule has 0 amide bonds. The smallest absolute Gasteiger partial charge is 0.323 e. The van der Waals surface area contributed by atoms with Crippen LogP contribution < -0.4 is 5.76 Å². The fraction of sp³-hybridized carbons (Fsp3) is 0.367. The second-order valence-corrected chi connectivity index (χ2v) is 11.2.